The number of carbonyl (C=O) groups is 1. The summed E-state index contributed by atoms with van der Waals surface area (Å²) in [6.45, 7) is 6.32. The van der Waals surface area contributed by atoms with Crippen molar-refractivity contribution < 1.29 is 19.0 Å². The second-order valence-corrected chi connectivity index (χ2v) is 9.00. The lowest BCUT2D eigenvalue weighted by atomic mass is 10.2. The number of rotatable bonds is 7. The average Bonchev–Trinajstić information content (AvgIpc) is 3.17. The quantitative estimate of drug-likeness (QED) is 0.574. The Morgan fingerprint density at radius 2 is 2.05 bits per heavy atom. The van der Waals surface area contributed by atoms with Gasteiger partial charge in [0, 0.05) is 11.2 Å². The van der Waals surface area contributed by atoms with Crippen LogP contribution in [-0.4, -0.2) is 29.5 Å². The molecule has 0 aromatic carbocycles. The Kier molecular flexibility index (Phi) is 3.95. The molecule has 5 heteroatoms. The highest BCUT2D eigenvalue weighted by atomic mass is 31.2. The minimum Gasteiger partial charge on any atom is -0.478 e. The first-order valence-electron chi connectivity index (χ1n) is 6.96. The van der Waals surface area contributed by atoms with E-state index in [2.05, 4.69) is 13.8 Å². The van der Waals surface area contributed by atoms with Gasteiger partial charge >= 0.3 is 5.97 Å². The van der Waals surface area contributed by atoms with Crippen LogP contribution in [0.5, 0.6) is 0 Å². The van der Waals surface area contributed by atoms with Crippen molar-refractivity contribution in [3.05, 3.63) is 11.6 Å². The van der Waals surface area contributed by atoms with Crippen LogP contribution in [0.3, 0.4) is 0 Å². The minimum atomic E-state index is -2.89. The minimum absolute atomic E-state index is 0.0157. The second-order valence-electron chi connectivity index (χ2n) is 6.35. The Balaban J connectivity index is 2.15. The van der Waals surface area contributed by atoms with Gasteiger partial charge in [-0.2, -0.15) is 0 Å². The summed E-state index contributed by atoms with van der Waals surface area (Å²) in [5.41, 5.74) is 0.317. The topological polar surface area (TPSA) is 63.6 Å². The molecule has 0 heterocycles. The van der Waals surface area contributed by atoms with Crippen LogP contribution < -0.4 is 0 Å². The molecule has 2 aliphatic rings. The van der Waals surface area contributed by atoms with Crippen LogP contribution in [0.1, 0.15) is 40.0 Å². The zero-order valence-corrected chi connectivity index (χ0v) is 12.8. The van der Waals surface area contributed by atoms with E-state index in [1.165, 1.54) is 0 Å². The van der Waals surface area contributed by atoms with Gasteiger partial charge in [0.2, 0.25) is 7.37 Å². The third kappa shape index (κ3) is 3.49. The van der Waals surface area contributed by atoms with E-state index in [4.69, 9.17) is 4.52 Å². The maximum atomic E-state index is 13.0. The zero-order chi connectivity index (χ0) is 14.3. The molecule has 2 saturated carbocycles. The van der Waals surface area contributed by atoms with Crippen LogP contribution in [0.2, 0.25) is 0 Å². The Hall–Kier alpha value is -0.600. The summed E-state index contributed by atoms with van der Waals surface area (Å²) in [4.78, 5) is 11.3. The van der Waals surface area contributed by atoms with Crippen molar-refractivity contribution in [1.29, 1.82) is 0 Å². The summed E-state index contributed by atoms with van der Waals surface area (Å²) in [5, 5.41) is 9.27. The Morgan fingerprint density at radius 1 is 1.47 bits per heavy atom. The number of hydrogen-bond donors (Lipinski definition) is 1. The van der Waals surface area contributed by atoms with Gasteiger partial charge in [0.15, 0.2) is 0 Å². The molecular weight excluding hydrogens is 263 g/mol. The van der Waals surface area contributed by atoms with Crippen LogP contribution in [0.4, 0.5) is 0 Å². The molecule has 108 valence electrons. The standard InChI is InChI=1S/C14H23O4P/c1-4-18-19(17,12-8-14(12,2)3)9-11(13(15)16)7-10-5-6-10/h7,10,12H,4-6,8-9H2,1-3H3,(H,15,16)/b11-7-. The van der Waals surface area contributed by atoms with Crippen LogP contribution >= 0.6 is 7.37 Å². The van der Waals surface area contributed by atoms with Crippen molar-refractivity contribution in [2.24, 2.45) is 11.3 Å². The first-order chi connectivity index (χ1) is 8.78. The predicted molar refractivity (Wildman–Crippen MR) is 74.7 cm³/mol. The van der Waals surface area contributed by atoms with E-state index in [9.17, 15) is 14.5 Å². The SMILES string of the molecule is CCOP(=O)(C/C(=C/C1CC1)C(=O)O)C1CC1(C)C. The zero-order valence-electron chi connectivity index (χ0n) is 11.9. The van der Waals surface area contributed by atoms with E-state index in [-0.39, 0.29) is 22.8 Å². The van der Waals surface area contributed by atoms with Crippen molar-refractivity contribution in [3.63, 3.8) is 0 Å². The van der Waals surface area contributed by atoms with Gasteiger partial charge in [0.25, 0.3) is 0 Å². The van der Waals surface area contributed by atoms with E-state index in [1.807, 2.05) is 6.92 Å². The monoisotopic (exact) mass is 286 g/mol. The fourth-order valence-electron chi connectivity index (χ4n) is 2.55. The Bertz CT molecular complexity index is 448. The molecule has 0 bridgehead atoms. The van der Waals surface area contributed by atoms with Crippen LogP contribution in [0.25, 0.3) is 0 Å². The molecule has 2 unspecified atom stereocenters. The van der Waals surface area contributed by atoms with E-state index in [0.29, 0.717) is 12.5 Å². The van der Waals surface area contributed by atoms with E-state index in [0.717, 1.165) is 19.3 Å². The molecule has 0 aliphatic heterocycles. The fraction of sp³-hybridized carbons (Fsp3) is 0.786. The maximum Gasteiger partial charge on any atom is 0.331 e. The lowest BCUT2D eigenvalue weighted by molar-refractivity contribution is -0.132. The highest BCUT2D eigenvalue weighted by Gasteiger charge is 2.57. The molecule has 19 heavy (non-hydrogen) atoms. The molecule has 2 aliphatic carbocycles. The number of carboxylic acid groups (broad SMARTS) is 1. The smallest absolute Gasteiger partial charge is 0.331 e. The number of allylic oxidation sites excluding steroid dienone is 1. The lowest BCUT2D eigenvalue weighted by Crippen LogP contribution is -2.12. The van der Waals surface area contributed by atoms with Gasteiger partial charge in [0.05, 0.1) is 12.8 Å². The van der Waals surface area contributed by atoms with Crippen LogP contribution in [0, 0.1) is 11.3 Å². The van der Waals surface area contributed by atoms with Gasteiger partial charge in [-0.1, -0.05) is 19.9 Å². The molecular formula is C14H23O4P. The third-order valence-electron chi connectivity index (χ3n) is 4.01. The second kappa shape index (κ2) is 5.06. The first-order valence-corrected chi connectivity index (χ1v) is 8.83. The molecule has 0 aromatic rings. The fourth-order valence-corrected chi connectivity index (χ4v) is 6.01. The summed E-state index contributed by atoms with van der Waals surface area (Å²) in [6.07, 6.45) is 4.82. The van der Waals surface area contributed by atoms with E-state index in [1.54, 1.807) is 6.08 Å². The van der Waals surface area contributed by atoms with E-state index >= 15 is 0 Å². The number of aliphatic carboxylic acids is 1. The molecule has 0 spiro atoms. The summed E-state index contributed by atoms with van der Waals surface area (Å²) >= 11 is 0. The highest BCUT2D eigenvalue weighted by molar-refractivity contribution is 7.60. The molecule has 2 atom stereocenters. The van der Waals surface area contributed by atoms with Crippen LogP contribution in [0.15, 0.2) is 11.6 Å². The summed E-state index contributed by atoms with van der Waals surface area (Å²) in [6, 6.07) is 0. The molecule has 2 fully saturated rings. The summed E-state index contributed by atoms with van der Waals surface area (Å²) < 4.78 is 18.5. The first kappa shape index (κ1) is 14.8. The number of carboxylic acids is 1. The van der Waals surface area contributed by atoms with Crippen molar-refractivity contribution in [2.75, 3.05) is 12.8 Å². The normalized spacial score (nSPS) is 28.8. The molecule has 0 amide bonds. The largest absolute Gasteiger partial charge is 0.478 e. The van der Waals surface area contributed by atoms with Gasteiger partial charge in [-0.15, -0.1) is 0 Å². The third-order valence-corrected chi connectivity index (χ3v) is 7.32. The van der Waals surface area contributed by atoms with Crippen molar-refractivity contribution in [1.82, 2.24) is 0 Å². The van der Waals surface area contributed by atoms with Crippen molar-refractivity contribution >= 4 is 13.3 Å². The van der Waals surface area contributed by atoms with Gasteiger partial charge in [-0.25, -0.2) is 4.79 Å². The van der Waals surface area contributed by atoms with Crippen molar-refractivity contribution in [3.8, 4) is 0 Å². The molecule has 0 radical (unpaired) electrons. The van der Waals surface area contributed by atoms with Gasteiger partial charge < -0.3 is 9.63 Å². The Labute approximate surface area is 114 Å². The maximum absolute atomic E-state index is 13.0. The Morgan fingerprint density at radius 3 is 2.42 bits per heavy atom. The predicted octanol–water partition coefficient (Wildman–Crippen LogP) is 3.52. The lowest BCUT2D eigenvalue weighted by Gasteiger charge is -2.20. The molecule has 4 nitrogen and oxygen atoms in total. The number of hydrogen-bond acceptors (Lipinski definition) is 3. The van der Waals surface area contributed by atoms with Crippen molar-refractivity contribution in [2.45, 2.75) is 45.7 Å². The molecule has 1 N–H and O–H groups in total. The van der Waals surface area contributed by atoms with Gasteiger partial charge in [-0.05, 0) is 37.5 Å². The highest BCUT2D eigenvalue weighted by Crippen LogP contribution is 2.70. The average molecular weight is 286 g/mol. The van der Waals surface area contributed by atoms with Crippen LogP contribution in [-0.2, 0) is 13.9 Å². The summed E-state index contributed by atoms with van der Waals surface area (Å²) in [7, 11) is -2.89. The van der Waals surface area contributed by atoms with Gasteiger partial charge in [-0.3, -0.25) is 4.57 Å². The summed E-state index contributed by atoms with van der Waals surface area (Å²) in [5.74, 6) is -0.585. The molecule has 0 aromatic heterocycles. The molecule has 0 saturated heterocycles. The van der Waals surface area contributed by atoms with Gasteiger partial charge in [0.1, 0.15) is 0 Å². The molecule has 2 rings (SSSR count). The van der Waals surface area contributed by atoms with E-state index < -0.39 is 13.3 Å².